The third kappa shape index (κ3) is 4.49. The highest BCUT2D eigenvalue weighted by Crippen LogP contribution is 2.25. The van der Waals surface area contributed by atoms with Gasteiger partial charge in [0.05, 0.1) is 11.3 Å². The molecule has 2 N–H and O–H groups in total. The molecule has 1 aliphatic rings. The number of carbonyl (C=O) groups excluding carboxylic acids is 1. The zero-order chi connectivity index (χ0) is 15.2. The molecular weight excluding hydrogens is 286 g/mol. The van der Waals surface area contributed by atoms with Crippen molar-refractivity contribution in [2.75, 3.05) is 5.75 Å². The minimum absolute atomic E-state index is 0.0149. The smallest absolute Gasteiger partial charge is 0.336 e. The summed E-state index contributed by atoms with van der Waals surface area (Å²) in [6.45, 7) is 2.18. The molecule has 1 aliphatic carbocycles. The van der Waals surface area contributed by atoms with Crippen molar-refractivity contribution in [1.82, 2.24) is 5.32 Å². The van der Waals surface area contributed by atoms with Crippen LogP contribution in [0.2, 0.25) is 0 Å². The average molecular weight is 307 g/mol. The van der Waals surface area contributed by atoms with Crippen molar-refractivity contribution in [3.05, 3.63) is 29.8 Å². The average Bonchev–Trinajstić information content (AvgIpc) is 2.48. The third-order valence-corrected chi connectivity index (χ3v) is 5.01. The third-order valence-electron chi connectivity index (χ3n) is 3.93. The fraction of sp³-hybridized carbons (Fsp3) is 0.500. The number of rotatable bonds is 5. The van der Waals surface area contributed by atoms with E-state index in [4.69, 9.17) is 5.11 Å². The van der Waals surface area contributed by atoms with E-state index < -0.39 is 5.97 Å². The Hall–Kier alpha value is -1.49. The number of amides is 1. The molecule has 1 aromatic rings. The second-order valence-corrected chi connectivity index (χ2v) is 6.54. The van der Waals surface area contributed by atoms with Crippen molar-refractivity contribution in [1.29, 1.82) is 0 Å². The summed E-state index contributed by atoms with van der Waals surface area (Å²) in [4.78, 5) is 23.8. The first-order chi connectivity index (χ1) is 10.1. The van der Waals surface area contributed by atoms with E-state index in [0.29, 0.717) is 10.8 Å². The first-order valence-corrected chi connectivity index (χ1v) is 8.31. The molecule has 0 heterocycles. The van der Waals surface area contributed by atoms with Gasteiger partial charge in [0.25, 0.3) is 0 Å². The van der Waals surface area contributed by atoms with Crippen LogP contribution >= 0.6 is 11.8 Å². The van der Waals surface area contributed by atoms with E-state index in [9.17, 15) is 9.59 Å². The normalized spacial score (nSPS) is 21.8. The lowest BCUT2D eigenvalue weighted by molar-refractivity contribution is -0.119. The first kappa shape index (κ1) is 15.9. The molecule has 2 rings (SSSR count). The summed E-state index contributed by atoms with van der Waals surface area (Å²) in [6, 6.07) is 7.05. The minimum atomic E-state index is -0.959. The summed E-state index contributed by atoms with van der Waals surface area (Å²) >= 11 is 1.28. The number of nitrogens with one attached hydrogen (secondary N) is 1. The van der Waals surface area contributed by atoms with Gasteiger partial charge in [-0.15, -0.1) is 11.8 Å². The molecule has 0 saturated heterocycles. The van der Waals surface area contributed by atoms with Gasteiger partial charge in [0.15, 0.2) is 0 Å². The second kappa shape index (κ2) is 7.50. The molecule has 1 saturated carbocycles. The predicted molar refractivity (Wildman–Crippen MR) is 83.7 cm³/mol. The maximum Gasteiger partial charge on any atom is 0.336 e. The second-order valence-electron chi connectivity index (χ2n) is 5.53. The van der Waals surface area contributed by atoms with Gasteiger partial charge in [-0.2, -0.15) is 0 Å². The van der Waals surface area contributed by atoms with E-state index in [1.165, 1.54) is 31.0 Å². The monoisotopic (exact) mass is 307 g/mol. The Kier molecular flexibility index (Phi) is 5.67. The molecular formula is C16H21NO3S. The number of thioether (sulfide) groups is 1. The molecule has 0 radical (unpaired) electrons. The lowest BCUT2D eigenvalue weighted by Gasteiger charge is -2.29. The van der Waals surface area contributed by atoms with Gasteiger partial charge in [-0.05, 0) is 30.9 Å². The maximum atomic E-state index is 12.0. The van der Waals surface area contributed by atoms with Gasteiger partial charge in [-0.25, -0.2) is 4.79 Å². The molecule has 0 aromatic heterocycles. The quantitative estimate of drug-likeness (QED) is 0.820. The SMILES string of the molecule is CC1CCCCC1NC(=O)CSc1ccccc1C(=O)O. The van der Waals surface area contributed by atoms with Gasteiger partial charge in [0, 0.05) is 10.9 Å². The van der Waals surface area contributed by atoms with Crippen LogP contribution in [0.25, 0.3) is 0 Å². The number of benzene rings is 1. The fourth-order valence-electron chi connectivity index (χ4n) is 2.69. The highest BCUT2D eigenvalue weighted by atomic mass is 32.2. The molecule has 5 heteroatoms. The Morgan fingerprint density at radius 1 is 1.29 bits per heavy atom. The van der Waals surface area contributed by atoms with Gasteiger partial charge in [-0.3, -0.25) is 4.79 Å². The van der Waals surface area contributed by atoms with Crippen LogP contribution in [0.3, 0.4) is 0 Å². The maximum absolute atomic E-state index is 12.0. The molecule has 0 spiro atoms. The molecule has 2 atom stereocenters. The number of carbonyl (C=O) groups is 2. The number of carboxylic acid groups (broad SMARTS) is 1. The Morgan fingerprint density at radius 2 is 2.00 bits per heavy atom. The first-order valence-electron chi connectivity index (χ1n) is 7.32. The summed E-state index contributed by atoms with van der Waals surface area (Å²) in [5.74, 6) is -0.189. The minimum Gasteiger partial charge on any atom is -0.478 e. The molecule has 1 aromatic carbocycles. The zero-order valence-corrected chi connectivity index (χ0v) is 13.0. The van der Waals surface area contributed by atoms with Crippen molar-refractivity contribution in [3.8, 4) is 0 Å². The molecule has 1 fully saturated rings. The Bertz CT molecular complexity index is 518. The van der Waals surface area contributed by atoms with E-state index in [1.54, 1.807) is 24.3 Å². The molecule has 2 unspecified atom stereocenters. The van der Waals surface area contributed by atoms with Crippen molar-refractivity contribution in [2.24, 2.45) is 5.92 Å². The van der Waals surface area contributed by atoms with Crippen LogP contribution in [0, 0.1) is 5.92 Å². The van der Waals surface area contributed by atoms with Crippen molar-refractivity contribution in [2.45, 2.75) is 43.5 Å². The lowest BCUT2D eigenvalue weighted by atomic mass is 9.86. The van der Waals surface area contributed by atoms with Crippen LogP contribution in [-0.4, -0.2) is 28.8 Å². The Morgan fingerprint density at radius 3 is 2.71 bits per heavy atom. The number of hydrogen-bond acceptors (Lipinski definition) is 3. The molecule has 114 valence electrons. The zero-order valence-electron chi connectivity index (χ0n) is 12.2. The lowest BCUT2D eigenvalue weighted by Crippen LogP contribution is -2.41. The van der Waals surface area contributed by atoms with Crippen LogP contribution in [-0.2, 0) is 4.79 Å². The van der Waals surface area contributed by atoms with Gasteiger partial charge in [0.1, 0.15) is 0 Å². The van der Waals surface area contributed by atoms with E-state index >= 15 is 0 Å². The summed E-state index contributed by atoms with van der Waals surface area (Å²) in [5, 5.41) is 12.2. The molecule has 1 amide bonds. The van der Waals surface area contributed by atoms with E-state index in [-0.39, 0.29) is 23.3 Å². The largest absolute Gasteiger partial charge is 0.478 e. The summed E-state index contributed by atoms with van der Waals surface area (Å²) in [5.41, 5.74) is 0.251. The van der Waals surface area contributed by atoms with Gasteiger partial charge < -0.3 is 10.4 Å². The van der Waals surface area contributed by atoms with Gasteiger partial charge in [-0.1, -0.05) is 31.9 Å². The number of aromatic carboxylic acids is 1. The highest BCUT2D eigenvalue weighted by molar-refractivity contribution is 8.00. The van der Waals surface area contributed by atoms with Crippen LogP contribution < -0.4 is 5.32 Å². The van der Waals surface area contributed by atoms with E-state index in [2.05, 4.69) is 12.2 Å². The molecule has 0 aliphatic heterocycles. The van der Waals surface area contributed by atoms with E-state index in [0.717, 1.165) is 6.42 Å². The van der Waals surface area contributed by atoms with E-state index in [1.807, 2.05) is 0 Å². The predicted octanol–water partition coefficient (Wildman–Crippen LogP) is 3.17. The Labute approximate surface area is 129 Å². The van der Waals surface area contributed by atoms with Crippen molar-refractivity contribution in [3.63, 3.8) is 0 Å². The van der Waals surface area contributed by atoms with Crippen LogP contribution in [0.15, 0.2) is 29.2 Å². The topological polar surface area (TPSA) is 66.4 Å². The number of carboxylic acids is 1. The highest BCUT2D eigenvalue weighted by Gasteiger charge is 2.22. The Balaban J connectivity index is 1.88. The van der Waals surface area contributed by atoms with Crippen LogP contribution in [0.1, 0.15) is 43.0 Å². The van der Waals surface area contributed by atoms with Crippen molar-refractivity contribution < 1.29 is 14.7 Å². The van der Waals surface area contributed by atoms with Gasteiger partial charge >= 0.3 is 5.97 Å². The van der Waals surface area contributed by atoms with Crippen molar-refractivity contribution >= 4 is 23.6 Å². The molecule has 4 nitrogen and oxygen atoms in total. The fourth-order valence-corrected chi connectivity index (χ4v) is 3.55. The number of hydrogen-bond donors (Lipinski definition) is 2. The standard InChI is InChI=1S/C16H21NO3S/c1-11-6-2-4-8-13(11)17-15(18)10-21-14-9-5-3-7-12(14)16(19)20/h3,5,7,9,11,13H,2,4,6,8,10H2,1H3,(H,17,18)(H,19,20). The summed E-state index contributed by atoms with van der Waals surface area (Å²) in [7, 11) is 0. The summed E-state index contributed by atoms with van der Waals surface area (Å²) < 4.78 is 0. The molecule has 21 heavy (non-hydrogen) atoms. The van der Waals surface area contributed by atoms with Crippen LogP contribution in [0.5, 0.6) is 0 Å². The van der Waals surface area contributed by atoms with Crippen LogP contribution in [0.4, 0.5) is 0 Å². The molecule has 0 bridgehead atoms. The summed E-state index contributed by atoms with van der Waals surface area (Å²) in [6.07, 6.45) is 4.63. The van der Waals surface area contributed by atoms with Gasteiger partial charge in [0.2, 0.25) is 5.91 Å².